The maximum absolute atomic E-state index is 8.86. The predicted octanol–water partition coefficient (Wildman–Crippen LogP) is -1.04. The third kappa shape index (κ3) is 2.45. The molecule has 0 radical (unpaired) electrons. The lowest BCUT2D eigenvalue weighted by atomic mass is 10.2. The van der Waals surface area contributed by atoms with E-state index in [1.54, 1.807) is 0 Å². The molecule has 1 unspecified atom stereocenters. The van der Waals surface area contributed by atoms with Crippen LogP contribution in [0.1, 0.15) is 6.42 Å². The summed E-state index contributed by atoms with van der Waals surface area (Å²) in [5, 5.41) is 12.2. The Balaban J connectivity index is 1.76. The van der Waals surface area contributed by atoms with Crippen LogP contribution in [0, 0.1) is 0 Å². The van der Waals surface area contributed by atoms with Gasteiger partial charge in [0.05, 0.1) is 6.61 Å². The Morgan fingerprint density at radius 1 is 1.21 bits per heavy atom. The first-order valence-electron chi connectivity index (χ1n) is 5.68. The number of aliphatic hydroxyl groups excluding tert-OH is 1. The molecular weight excluding hydrogens is 178 g/mol. The third-order valence-corrected chi connectivity index (χ3v) is 3.33. The van der Waals surface area contributed by atoms with Gasteiger partial charge in [-0.2, -0.15) is 0 Å². The highest BCUT2D eigenvalue weighted by atomic mass is 16.3. The number of nitrogens with zero attached hydrogens (tertiary/aromatic N) is 2. The lowest BCUT2D eigenvalue weighted by Gasteiger charge is -2.32. The highest BCUT2D eigenvalue weighted by Gasteiger charge is 2.27. The molecule has 0 spiro atoms. The van der Waals surface area contributed by atoms with Crippen molar-refractivity contribution in [2.24, 2.45) is 0 Å². The van der Waals surface area contributed by atoms with Crippen LogP contribution < -0.4 is 5.32 Å². The van der Waals surface area contributed by atoms with Crippen LogP contribution in [0.25, 0.3) is 0 Å². The topological polar surface area (TPSA) is 38.7 Å². The van der Waals surface area contributed by atoms with Crippen molar-refractivity contribution in [1.29, 1.82) is 0 Å². The minimum Gasteiger partial charge on any atom is -0.395 e. The lowest BCUT2D eigenvalue weighted by Crippen LogP contribution is -2.49. The van der Waals surface area contributed by atoms with Crippen molar-refractivity contribution in [3.8, 4) is 0 Å². The molecule has 0 aromatic carbocycles. The third-order valence-electron chi connectivity index (χ3n) is 3.33. The van der Waals surface area contributed by atoms with Crippen LogP contribution in [0.15, 0.2) is 0 Å². The predicted molar refractivity (Wildman–Crippen MR) is 56.4 cm³/mol. The zero-order valence-corrected chi connectivity index (χ0v) is 8.78. The zero-order chi connectivity index (χ0) is 9.80. The van der Waals surface area contributed by atoms with Crippen molar-refractivity contribution in [3.63, 3.8) is 0 Å². The quantitative estimate of drug-likeness (QED) is 0.609. The van der Waals surface area contributed by atoms with E-state index in [9.17, 15) is 0 Å². The summed E-state index contributed by atoms with van der Waals surface area (Å²) in [6, 6.07) is 0.739. The van der Waals surface area contributed by atoms with E-state index in [1.165, 1.54) is 19.5 Å². The first-order chi connectivity index (χ1) is 6.90. The van der Waals surface area contributed by atoms with E-state index in [0.717, 1.165) is 38.8 Å². The second-order valence-electron chi connectivity index (χ2n) is 4.25. The van der Waals surface area contributed by atoms with Gasteiger partial charge in [0.2, 0.25) is 0 Å². The van der Waals surface area contributed by atoms with Gasteiger partial charge >= 0.3 is 0 Å². The fourth-order valence-electron chi connectivity index (χ4n) is 2.50. The van der Waals surface area contributed by atoms with Crippen molar-refractivity contribution in [2.75, 3.05) is 52.4 Å². The normalized spacial score (nSPS) is 31.1. The van der Waals surface area contributed by atoms with Crippen LogP contribution in [0.3, 0.4) is 0 Å². The molecular formula is C10H21N3O. The van der Waals surface area contributed by atoms with Crippen LogP contribution in [0.2, 0.25) is 0 Å². The summed E-state index contributed by atoms with van der Waals surface area (Å²) in [7, 11) is 0. The average Bonchev–Trinajstić information content (AvgIpc) is 2.68. The minimum absolute atomic E-state index is 0.300. The number of aliphatic hydroxyl groups is 1. The summed E-state index contributed by atoms with van der Waals surface area (Å²) in [5.41, 5.74) is 0. The Bertz CT molecular complexity index is 171. The molecule has 0 aliphatic carbocycles. The van der Waals surface area contributed by atoms with Crippen LogP contribution in [0.5, 0.6) is 0 Å². The number of β-amino-alcohol motifs (C(OH)–C–C–N with tert-alkyl or cyclic N) is 1. The first-order valence-corrected chi connectivity index (χ1v) is 5.68. The van der Waals surface area contributed by atoms with Gasteiger partial charge in [-0.05, 0) is 13.0 Å². The van der Waals surface area contributed by atoms with E-state index < -0.39 is 0 Å². The Morgan fingerprint density at radius 2 is 2.00 bits per heavy atom. The van der Waals surface area contributed by atoms with Gasteiger partial charge in [0.15, 0.2) is 0 Å². The highest BCUT2D eigenvalue weighted by molar-refractivity contribution is 4.85. The van der Waals surface area contributed by atoms with Crippen LogP contribution >= 0.6 is 0 Å². The maximum Gasteiger partial charge on any atom is 0.0558 e. The van der Waals surface area contributed by atoms with Gasteiger partial charge in [-0.3, -0.25) is 9.80 Å². The monoisotopic (exact) mass is 199 g/mol. The standard InChI is InChI=1S/C10H21N3O/c14-8-7-12-4-1-10(9-12)13-5-2-11-3-6-13/h10-11,14H,1-9H2. The van der Waals surface area contributed by atoms with Gasteiger partial charge in [0.1, 0.15) is 0 Å². The molecule has 0 aromatic heterocycles. The minimum atomic E-state index is 0.300. The number of likely N-dealkylation sites (tertiary alicyclic amines) is 1. The second kappa shape index (κ2) is 5.07. The van der Waals surface area contributed by atoms with Crippen molar-refractivity contribution in [1.82, 2.24) is 15.1 Å². The Hall–Kier alpha value is -0.160. The van der Waals surface area contributed by atoms with E-state index in [4.69, 9.17) is 5.11 Å². The zero-order valence-electron chi connectivity index (χ0n) is 8.78. The molecule has 2 saturated heterocycles. The van der Waals surface area contributed by atoms with Gasteiger partial charge in [0, 0.05) is 45.3 Å². The molecule has 14 heavy (non-hydrogen) atoms. The lowest BCUT2D eigenvalue weighted by molar-refractivity contribution is 0.163. The molecule has 4 heteroatoms. The molecule has 82 valence electrons. The van der Waals surface area contributed by atoms with Crippen molar-refractivity contribution >= 4 is 0 Å². The second-order valence-corrected chi connectivity index (χ2v) is 4.25. The van der Waals surface area contributed by atoms with Crippen molar-refractivity contribution in [2.45, 2.75) is 12.5 Å². The van der Waals surface area contributed by atoms with Gasteiger partial charge in [-0.25, -0.2) is 0 Å². The van der Waals surface area contributed by atoms with E-state index in [-0.39, 0.29) is 0 Å². The number of nitrogens with one attached hydrogen (secondary N) is 1. The summed E-state index contributed by atoms with van der Waals surface area (Å²) < 4.78 is 0. The highest BCUT2D eigenvalue weighted by Crippen LogP contribution is 2.15. The fraction of sp³-hybridized carbons (Fsp3) is 1.00. The summed E-state index contributed by atoms with van der Waals surface area (Å²) in [4.78, 5) is 4.96. The summed E-state index contributed by atoms with van der Waals surface area (Å²) in [5.74, 6) is 0. The number of piperazine rings is 1. The molecule has 0 amide bonds. The van der Waals surface area contributed by atoms with Crippen LogP contribution in [0.4, 0.5) is 0 Å². The fourth-order valence-corrected chi connectivity index (χ4v) is 2.50. The Labute approximate surface area is 85.9 Å². The number of rotatable bonds is 3. The molecule has 4 nitrogen and oxygen atoms in total. The van der Waals surface area contributed by atoms with E-state index in [2.05, 4.69) is 15.1 Å². The molecule has 0 bridgehead atoms. The summed E-state index contributed by atoms with van der Waals surface area (Å²) in [6.07, 6.45) is 1.28. The smallest absolute Gasteiger partial charge is 0.0558 e. The van der Waals surface area contributed by atoms with E-state index in [1.807, 2.05) is 0 Å². The largest absolute Gasteiger partial charge is 0.395 e. The van der Waals surface area contributed by atoms with Crippen LogP contribution in [-0.4, -0.2) is 73.4 Å². The van der Waals surface area contributed by atoms with Crippen molar-refractivity contribution < 1.29 is 5.11 Å². The average molecular weight is 199 g/mol. The molecule has 1 atom stereocenters. The molecule has 2 aliphatic heterocycles. The SMILES string of the molecule is OCCN1CCC(N2CCNCC2)C1. The van der Waals surface area contributed by atoms with Crippen molar-refractivity contribution in [3.05, 3.63) is 0 Å². The van der Waals surface area contributed by atoms with Gasteiger partial charge in [-0.15, -0.1) is 0 Å². The first kappa shape index (κ1) is 10.4. The molecule has 0 aromatic rings. The number of hydrogen-bond acceptors (Lipinski definition) is 4. The summed E-state index contributed by atoms with van der Waals surface area (Å²) in [6.45, 7) is 8.12. The van der Waals surface area contributed by atoms with E-state index in [0.29, 0.717) is 6.61 Å². The van der Waals surface area contributed by atoms with Gasteiger partial charge in [-0.1, -0.05) is 0 Å². The van der Waals surface area contributed by atoms with Crippen LogP contribution in [-0.2, 0) is 0 Å². The molecule has 0 saturated carbocycles. The molecule has 2 rings (SSSR count). The Kier molecular flexibility index (Phi) is 3.75. The maximum atomic E-state index is 8.86. The Morgan fingerprint density at radius 3 is 2.71 bits per heavy atom. The summed E-state index contributed by atoms with van der Waals surface area (Å²) >= 11 is 0. The van der Waals surface area contributed by atoms with Gasteiger partial charge in [0.25, 0.3) is 0 Å². The molecule has 2 N–H and O–H groups in total. The number of hydrogen-bond donors (Lipinski definition) is 2. The van der Waals surface area contributed by atoms with E-state index >= 15 is 0 Å². The van der Waals surface area contributed by atoms with Gasteiger partial charge < -0.3 is 10.4 Å². The molecule has 2 aliphatic rings. The molecule has 2 heterocycles. The molecule has 2 fully saturated rings.